The fourth-order valence-electron chi connectivity index (χ4n) is 2.30. The molecule has 0 radical (unpaired) electrons. The summed E-state index contributed by atoms with van der Waals surface area (Å²) in [6.07, 6.45) is 5.33. The smallest absolute Gasteiger partial charge is 0.236 e. The predicted molar refractivity (Wildman–Crippen MR) is 67.3 cm³/mol. The van der Waals surface area contributed by atoms with E-state index in [9.17, 15) is 4.79 Å². The molecule has 1 fully saturated rings. The molecular weight excluding hydrogens is 200 g/mol. The Kier molecular flexibility index (Phi) is 5.81. The van der Waals surface area contributed by atoms with Gasteiger partial charge in [0.2, 0.25) is 5.91 Å². The first-order valence-electron chi connectivity index (χ1n) is 6.64. The van der Waals surface area contributed by atoms with Crippen LogP contribution in [0, 0.1) is 11.8 Å². The van der Waals surface area contributed by atoms with Gasteiger partial charge >= 0.3 is 0 Å². The first-order chi connectivity index (χ1) is 7.63. The van der Waals surface area contributed by atoms with E-state index in [0.717, 1.165) is 18.4 Å². The number of likely N-dealkylation sites (N-methyl/N-ethyl adjacent to an activating group) is 1. The largest absolute Gasteiger partial charge is 0.355 e. The maximum Gasteiger partial charge on any atom is 0.236 e. The average molecular weight is 226 g/mol. The lowest BCUT2D eigenvalue weighted by Gasteiger charge is -2.27. The number of hydrogen-bond acceptors (Lipinski definition) is 2. The Morgan fingerprint density at radius 1 is 1.31 bits per heavy atom. The van der Waals surface area contributed by atoms with Gasteiger partial charge in [0.25, 0.3) is 0 Å². The van der Waals surface area contributed by atoms with Crippen molar-refractivity contribution in [2.75, 3.05) is 13.1 Å². The molecule has 0 aromatic carbocycles. The lowest BCUT2D eigenvalue weighted by Crippen LogP contribution is -2.44. The van der Waals surface area contributed by atoms with Gasteiger partial charge in [0.15, 0.2) is 0 Å². The van der Waals surface area contributed by atoms with E-state index in [4.69, 9.17) is 0 Å². The molecule has 1 aliphatic carbocycles. The Morgan fingerprint density at radius 2 is 1.94 bits per heavy atom. The van der Waals surface area contributed by atoms with E-state index in [2.05, 4.69) is 17.6 Å². The second kappa shape index (κ2) is 6.89. The number of amides is 1. The van der Waals surface area contributed by atoms with E-state index in [1.807, 2.05) is 13.8 Å². The van der Waals surface area contributed by atoms with Gasteiger partial charge in [0, 0.05) is 6.54 Å². The molecule has 3 heteroatoms. The highest BCUT2D eigenvalue weighted by atomic mass is 16.2. The summed E-state index contributed by atoms with van der Waals surface area (Å²) in [5.41, 5.74) is 0. The maximum atomic E-state index is 11.5. The highest BCUT2D eigenvalue weighted by molar-refractivity contribution is 5.81. The molecule has 0 bridgehead atoms. The average Bonchev–Trinajstić information content (AvgIpc) is 2.28. The van der Waals surface area contributed by atoms with Gasteiger partial charge in [-0.3, -0.25) is 4.79 Å². The first kappa shape index (κ1) is 13.5. The van der Waals surface area contributed by atoms with E-state index in [0.29, 0.717) is 6.54 Å². The molecule has 16 heavy (non-hydrogen) atoms. The van der Waals surface area contributed by atoms with Crippen molar-refractivity contribution in [3.05, 3.63) is 0 Å². The molecule has 0 heterocycles. The van der Waals surface area contributed by atoms with Crippen LogP contribution in [0.1, 0.15) is 46.5 Å². The van der Waals surface area contributed by atoms with Gasteiger partial charge in [-0.15, -0.1) is 0 Å². The zero-order valence-corrected chi connectivity index (χ0v) is 10.9. The summed E-state index contributed by atoms with van der Waals surface area (Å²) >= 11 is 0. The minimum Gasteiger partial charge on any atom is -0.355 e. The topological polar surface area (TPSA) is 41.1 Å². The van der Waals surface area contributed by atoms with Gasteiger partial charge in [-0.25, -0.2) is 0 Å². The zero-order chi connectivity index (χ0) is 12.0. The molecule has 0 spiro atoms. The quantitative estimate of drug-likeness (QED) is 0.752. The van der Waals surface area contributed by atoms with Crippen LogP contribution in [0.4, 0.5) is 0 Å². The number of carbonyl (C=O) groups is 1. The van der Waals surface area contributed by atoms with Crippen molar-refractivity contribution < 1.29 is 4.79 Å². The van der Waals surface area contributed by atoms with Crippen molar-refractivity contribution >= 4 is 5.91 Å². The van der Waals surface area contributed by atoms with Crippen LogP contribution in [0.5, 0.6) is 0 Å². The molecule has 0 aromatic rings. The molecule has 0 aromatic heterocycles. The van der Waals surface area contributed by atoms with Gasteiger partial charge < -0.3 is 10.6 Å². The summed E-state index contributed by atoms with van der Waals surface area (Å²) in [6.45, 7) is 7.93. The Hall–Kier alpha value is -0.570. The van der Waals surface area contributed by atoms with Crippen LogP contribution in [0.3, 0.4) is 0 Å². The molecule has 0 aliphatic heterocycles. The van der Waals surface area contributed by atoms with Crippen LogP contribution in [0.15, 0.2) is 0 Å². The molecular formula is C13H26N2O. The van der Waals surface area contributed by atoms with Crippen molar-refractivity contribution in [2.24, 2.45) is 11.8 Å². The molecule has 1 amide bonds. The second-order valence-electron chi connectivity index (χ2n) is 5.15. The van der Waals surface area contributed by atoms with Crippen molar-refractivity contribution in [3.8, 4) is 0 Å². The van der Waals surface area contributed by atoms with Crippen molar-refractivity contribution in [1.29, 1.82) is 0 Å². The fourth-order valence-corrected chi connectivity index (χ4v) is 2.30. The summed E-state index contributed by atoms with van der Waals surface area (Å²) in [7, 11) is 0. The van der Waals surface area contributed by atoms with Crippen LogP contribution < -0.4 is 10.6 Å². The molecule has 1 aliphatic rings. The van der Waals surface area contributed by atoms with Crippen LogP contribution >= 0.6 is 0 Å². The number of carbonyl (C=O) groups excluding carboxylic acids is 1. The highest BCUT2D eigenvalue weighted by Gasteiger charge is 2.19. The normalized spacial score (nSPS) is 27.4. The first-order valence-corrected chi connectivity index (χ1v) is 6.64. The third kappa shape index (κ3) is 4.52. The molecule has 3 nitrogen and oxygen atoms in total. The molecule has 1 atom stereocenters. The van der Waals surface area contributed by atoms with Gasteiger partial charge in [0.05, 0.1) is 6.04 Å². The highest BCUT2D eigenvalue weighted by Crippen LogP contribution is 2.27. The Balaban J connectivity index is 2.16. The summed E-state index contributed by atoms with van der Waals surface area (Å²) < 4.78 is 0. The lowest BCUT2D eigenvalue weighted by atomic mass is 9.83. The molecule has 0 saturated heterocycles. The van der Waals surface area contributed by atoms with Crippen LogP contribution in [-0.2, 0) is 4.79 Å². The number of rotatable bonds is 5. The van der Waals surface area contributed by atoms with Gasteiger partial charge in [-0.2, -0.15) is 0 Å². The Bertz CT molecular complexity index is 210. The molecule has 1 saturated carbocycles. The molecule has 2 N–H and O–H groups in total. The Labute approximate surface area is 99.4 Å². The standard InChI is InChI=1S/C13H26N2O/c1-4-14-13(16)11(3)15-9-12-7-5-10(2)6-8-12/h10-12,15H,4-9H2,1-3H3,(H,14,16). The minimum atomic E-state index is -0.0562. The predicted octanol–water partition coefficient (Wildman–Crippen LogP) is 1.93. The maximum absolute atomic E-state index is 11.5. The summed E-state index contributed by atoms with van der Waals surface area (Å²) in [5.74, 6) is 1.79. The number of hydrogen-bond donors (Lipinski definition) is 2. The monoisotopic (exact) mass is 226 g/mol. The van der Waals surface area contributed by atoms with E-state index < -0.39 is 0 Å². The van der Waals surface area contributed by atoms with E-state index >= 15 is 0 Å². The molecule has 94 valence electrons. The number of nitrogens with one attached hydrogen (secondary N) is 2. The van der Waals surface area contributed by atoms with Crippen molar-refractivity contribution in [2.45, 2.75) is 52.5 Å². The van der Waals surface area contributed by atoms with Gasteiger partial charge in [-0.1, -0.05) is 19.8 Å². The van der Waals surface area contributed by atoms with Crippen molar-refractivity contribution in [1.82, 2.24) is 10.6 Å². The summed E-state index contributed by atoms with van der Waals surface area (Å²) in [4.78, 5) is 11.5. The van der Waals surface area contributed by atoms with E-state index in [1.165, 1.54) is 25.7 Å². The molecule has 1 unspecified atom stereocenters. The van der Waals surface area contributed by atoms with Gasteiger partial charge in [0.1, 0.15) is 0 Å². The van der Waals surface area contributed by atoms with Crippen LogP contribution in [0.2, 0.25) is 0 Å². The van der Waals surface area contributed by atoms with E-state index in [-0.39, 0.29) is 11.9 Å². The van der Waals surface area contributed by atoms with E-state index in [1.54, 1.807) is 0 Å². The fraction of sp³-hybridized carbons (Fsp3) is 0.923. The third-order valence-electron chi connectivity index (χ3n) is 3.59. The van der Waals surface area contributed by atoms with Crippen LogP contribution in [0.25, 0.3) is 0 Å². The van der Waals surface area contributed by atoms with Crippen molar-refractivity contribution in [3.63, 3.8) is 0 Å². The van der Waals surface area contributed by atoms with Crippen LogP contribution in [-0.4, -0.2) is 25.0 Å². The third-order valence-corrected chi connectivity index (χ3v) is 3.59. The SMILES string of the molecule is CCNC(=O)C(C)NCC1CCC(C)CC1. The minimum absolute atomic E-state index is 0.0562. The van der Waals surface area contributed by atoms with Gasteiger partial charge in [-0.05, 0) is 45.1 Å². The summed E-state index contributed by atoms with van der Waals surface area (Å²) in [5, 5.41) is 6.18. The Morgan fingerprint density at radius 3 is 2.50 bits per heavy atom. The summed E-state index contributed by atoms with van der Waals surface area (Å²) in [6, 6.07) is -0.0562. The molecule has 1 rings (SSSR count). The lowest BCUT2D eigenvalue weighted by molar-refractivity contribution is -0.122. The zero-order valence-electron chi connectivity index (χ0n) is 10.9. The second-order valence-corrected chi connectivity index (χ2v) is 5.15.